The van der Waals surface area contributed by atoms with Crippen LogP contribution in [0.2, 0.25) is 0 Å². The fourth-order valence-corrected chi connectivity index (χ4v) is 1.90. The van der Waals surface area contributed by atoms with Crippen molar-refractivity contribution in [1.29, 1.82) is 0 Å². The van der Waals surface area contributed by atoms with E-state index in [-0.39, 0.29) is 0 Å². The monoisotopic (exact) mass is 195 g/mol. The van der Waals surface area contributed by atoms with Crippen LogP contribution in [0.4, 0.5) is 0 Å². The first kappa shape index (κ1) is 8.25. The van der Waals surface area contributed by atoms with Gasteiger partial charge in [-0.2, -0.15) is 9.19 Å². The summed E-state index contributed by atoms with van der Waals surface area (Å²) in [6.45, 7) is 0. The fourth-order valence-electron chi connectivity index (χ4n) is 1.15. The molecule has 0 aliphatic carbocycles. The molecule has 4 nitrogen and oxygen atoms in total. The van der Waals surface area contributed by atoms with Crippen molar-refractivity contribution in [2.75, 3.05) is 6.26 Å². The molecule has 0 fully saturated rings. The van der Waals surface area contributed by atoms with Gasteiger partial charge in [0, 0.05) is 5.39 Å². The third-order valence-electron chi connectivity index (χ3n) is 1.69. The Morgan fingerprint density at radius 1 is 1.54 bits per heavy atom. The van der Waals surface area contributed by atoms with Crippen molar-refractivity contribution in [2.45, 2.75) is 0 Å². The zero-order valence-corrected chi connectivity index (χ0v) is 7.75. The summed E-state index contributed by atoms with van der Waals surface area (Å²) in [5, 5.41) is 4.55. The van der Waals surface area contributed by atoms with E-state index in [1.54, 1.807) is 18.2 Å². The molecule has 1 heterocycles. The van der Waals surface area contributed by atoms with E-state index in [4.69, 9.17) is 0 Å². The van der Waals surface area contributed by atoms with E-state index < -0.39 is 10.0 Å². The normalized spacial score (nSPS) is 12.1. The smallest absolute Gasteiger partial charge is 0.205 e. The molecule has 0 unspecified atom stereocenters. The van der Waals surface area contributed by atoms with E-state index in [1.807, 2.05) is 0 Å². The molecule has 0 spiro atoms. The van der Waals surface area contributed by atoms with E-state index in [9.17, 15) is 8.42 Å². The first-order valence-electron chi connectivity index (χ1n) is 3.63. The Hall–Kier alpha value is -1.36. The first-order chi connectivity index (χ1) is 6.09. The predicted molar refractivity (Wildman–Crippen MR) is 48.8 cm³/mol. The van der Waals surface area contributed by atoms with Gasteiger partial charge in [0.2, 0.25) is 0 Å². The summed E-state index contributed by atoms with van der Waals surface area (Å²) < 4.78 is 23.4. The second kappa shape index (κ2) is 2.56. The van der Waals surface area contributed by atoms with Crippen molar-refractivity contribution in [3.8, 4) is 0 Å². The number of fused-ring (bicyclic) bond motifs is 1. The van der Waals surface area contributed by atoms with Crippen LogP contribution in [0.1, 0.15) is 0 Å². The van der Waals surface area contributed by atoms with Gasteiger partial charge in [-0.15, -0.1) is 0 Å². The molecule has 0 amide bonds. The number of nitrogens with zero attached hydrogens (tertiary/aromatic N) is 2. The summed E-state index contributed by atoms with van der Waals surface area (Å²) in [5.74, 6) is 0. The van der Waals surface area contributed by atoms with Crippen molar-refractivity contribution < 1.29 is 8.42 Å². The molecule has 0 aliphatic heterocycles. The molecular weight excluding hydrogens is 188 g/mol. The number of rotatable bonds is 1. The van der Waals surface area contributed by atoms with E-state index in [2.05, 4.69) is 11.2 Å². The lowest BCUT2D eigenvalue weighted by atomic mass is 10.3. The van der Waals surface area contributed by atoms with Crippen LogP contribution in [-0.4, -0.2) is 23.9 Å². The standard InChI is InChI=1S/C8H7N2O2S/c1-13(11,12)10-8-5-3-2-4-7(8)6-9-10/h3-6H,1H3. The van der Waals surface area contributed by atoms with Gasteiger partial charge < -0.3 is 0 Å². The van der Waals surface area contributed by atoms with Gasteiger partial charge in [-0.25, -0.2) is 8.42 Å². The molecule has 13 heavy (non-hydrogen) atoms. The quantitative estimate of drug-likeness (QED) is 0.671. The van der Waals surface area contributed by atoms with Gasteiger partial charge in [0.1, 0.15) is 0 Å². The molecule has 1 aromatic carbocycles. The minimum atomic E-state index is -3.29. The third kappa shape index (κ3) is 1.31. The van der Waals surface area contributed by atoms with Crippen LogP contribution in [-0.2, 0) is 10.0 Å². The molecule has 0 saturated heterocycles. The van der Waals surface area contributed by atoms with Crippen LogP contribution in [0.3, 0.4) is 0 Å². The van der Waals surface area contributed by atoms with Crippen molar-refractivity contribution >= 4 is 20.9 Å². The van der Waals surface area contributed by atoms with Crippen LogP contribution in [0, 0.1) is 6.07 Å². The Kier molecular flexibility index (Phi) is 1.63. The average molecular weight is 195 g/mol. The van der Waals surface area contributed by atoms with Crippen molar-refractivity contribution in [3.05, 3.63) is 30.5 Å². The highest BCUT2D eigenvalue weighted by Crippen LogP contribution is 2.13. The van der Waals surface area contributed by atoms with Crippen LogP contribution in [0.15, 0.2) is 24.4 Å². The van der Waals surface area contributed by atoms with Gasteiger partial charge in [-0.1, -0.05) is 6.07 Å². The summed E-state index contributed by atoms with van der Waals surface area (Å²) in [5.41, 5.74) is 0.584. The van der Waals surface area contributed by atoms with Crippen LogP contribution in [0.5, 0.6) is 0 Å². The fraction of sp³-hybridized carbons (Fsp3) is 0.125. The molecule has 0 aliphatic rings. The lowest BCUT2D eigenvalue weighted by molar-refractivity contribution is 0.588. The highest BCUT2D eigenvalue weighted by Gasteiger charge is 2.09. The molecule has 0 atom stereocenters. The number of hydrogen-bond acceptors (Lipinski definition) is 3. The minimum absolute atomic E-state index is 0.584. The molecule has 5 heteroatoms. The second-order valence-corrected chi connectivity index (χ2v) is 4.55. The summed E-state index contributed by atoms with van der Waals surface area (Å²) in [6, 6.07) is 7.88. The summed E-state index contributed by atoms with van der Waals surface area (Å²) in [4.78, 5) is 0. The SMILES string of the molecule is CS(=O)(=O)n1ncc2c[c]ccc21. The maximum absolute atomic E-state index is 11.2. The van der Waals surface area contributed by atoms with Crippen molar-refractivity contribution in [1.82, 2.24) is 9.19 Å². The Bertz CT molecular complexity index is 542. The summed E-state index contributed by atoms with van der Waals surface area (Å²) in [7, 11) is -3.29. The molecule has 0 saturated carbocycles. The average Bonchev–Trinajstić information content (AvgIpc) is 2.45. The number of benzene rings is 1. The topological polar surface area (TPSA) is 52.0 Å². The lowest BCUT2D eigenvalue weighted by Crippen LogP contribution is -2.10. The molecule has 0 N–H and O–H groups in total. The molecule has 2 rings (SSSR count). The molecule has 1 radical (unpaired) electrons. The predicted octanol–water partition coefficient (Wildman–Crippen LogP) is 0.644. The van der Waals surface area contributed by atoms with E-state index in [1.165, 1.54) is 6.20 Å². The second-order valence-electron chi connectivity index (χ2n) is 2.74. The van der Waals surface area contributed by atoms with E-state index in [0.29, 0.717) is 5.52 Å². The van der Waals surface area contributed by atoms with E-state index >= 15 is 0 Å². The zero-order chi connectivity index (χ0) is 9.47. The molecule has 2 aromatic rings. The number of hydrogen-bond donors (Lipinski definition) is 0. The maximum atomic E-state index is 11.2. The maximum Gasteiger partial charge on any atom is 0.251 e. The van der Waals surface area contributed by atoms with Crippen molar-refractivity contribution in [3.63, 3.8) is 0 Å². The van der Waals surface area contributed by atoms with Crippen LogP contribution in [0.25, 0.3) is 10.9 Å². The first-order valence-corrected chi connectivity index (χ1v) is 5.48. The molecule has 0 bridgehead atoms. The highest BCUT2D eigenvalue weighted by atomic mass is 32.2. The lowest BCUT2D eigenvalue weighted by Gasteiger charge is -1.97. The largest absolute Gasteiger partial charge is 0.251 e. The van der Waals surface area contributed by atoms with E-state index in [0.717, 1.165) is 15.7 Å². The minimum Gasteiger partial charge on any atom is -0.205 e. The van der Waals surface area contributed by atoms with Crippen LogP contribution < -0.4 is 0 Å². The molecule has 67 valence electrons. The summed E-state index contributed by atoms with van der Waals surface area (Å²) >= 11 is 0. The number of aromatic nitrogens is 2. The van der Waals surface area contributed by atoms with Crippen molar-refractivity contribution in [2.24, 2.45) is 0 Å². The van der Waals surface area contributed by atoms with Crippen LogP contribution >= 0.6 is 0 Å². The zero-order valence-electron chi connectivity index (χ0n) is 6.93. The van der Waals surface area contributed by atoms with Gasteiger partial charge in [0.25, 0.3) is 10.0 Å². The Labute approximate surface area is 75.8 Å². The summed E-state index contributed by atoms with van der Waals surface area (Å²) in [6.07, 6.45) is 2.63. The molecule has 1 aromatic heterocycles. The van der Waals surface area contributed by atoms with Gasteiger partial charge >= 0.3 is 0 Å². The van der Waals surface area contributed by atoms with Gasteiger partial charge in [-0.3, -0.25) is 0 Å². The Morgan fingerprint density at radius 3 is 3.00 bits per heavy atom. The third-order valence-corrected chi connectivity index (χ3v) is 2.61. The van der Waals surface area contributed by atoms with Gasteiger partial charge in [-0.05, 0) is 18.2 Å². The Balaban J connectivity index is 2.87. The highest BCUT2D eigenvalue weighted by molar-refractivity contribution is 7.89. The van der Waals surface area contributed by atoms with Gasteiger partial charge in [0.05, 0.1) is 18.0 Å². The van der Waals surface area contributed by atoms with Gasteiger partial charge in [0.15, 0.2) is 0 Å². The molecular formula is C8H7N2O2S. The Morgan fingerprint density at radius 2 is 2.31 bits per heavy atom.